The SMILES string of the molecule is CC.COC(=O)c1cc(N)c(OC)c(Br)c1. The van der Waals surface area contributed by atoms with Crippen LogP contribution in [-0.2, 0) is 4.74 Å². The maximum atomic E-state index is 11.2. The van der Waals surface area contributed by atoms with Crippen LogP contribution < -0.4 is 10.5 Å². The number of rotatable bonds is 2. The molecule has 1 aromatic rings. The Balaban J connectivity index is 0.00000106. The van der Waals surface area contributed by atoms with E-state index in [1.165, 1.54) is 20.3 Å². The van der Waals surface area contributed by atoms with Crippen molar-refractivity contribution in [2.24, 2.45) is 0 Å². The molecule has 0 aliphatic carbocycles. The second-order valence-electron chi connectivity index (χ2n) is 2.57. The number of hydrogen-bond donors (Lipinski definition) is 1. The molecule has 0 spiro atoms. The van der Waals surface area contributed by atoms with Crippen molar-refractivity contribution in [2.75, 3.05) is 20.0 Å². The molecule has 5 heteroatoms. The molecule has 0 radical (unpaired) electrons. The number of nitrogens with two attached hydrogens (primary N) is 1. The summed E-state index contributed by atoms with van der Waals surface area (Å²) in [5, 5.41) is 0. The monoisotopic (exact) mass is 289 g/mol. The zero-order chi connectivity index (χ0) is 12.7. The van der Waals surface area contributed by atoms with E-state index in [0.29, 0.717) is 21.5 Å². The number of benzene rings is 1. The van der Waals surface area contributed by atoms with Gasteiger partial charge in [0, 0.05) is 0 Å². The van der Waals surface area contributed by atoms with Crippen LogP contribution in [0.15, 0.2) is 16.6 Å². The molecule has 0 unspecified atom stereocenters. The Morgan fingerprint density at radius 1 is 1.31 bits per heavy atom. The minimum atomic E-state index is -0.431. The van der Waals surface area contributed by atoms with Crippen LogP contribution >= 0.6 is 15.9 Å². The first-order chi connectivity index (χ1) is 7.60. The van der Waals surface area contributed by atoms with Crippen molar-refractivity contribution >= 4 is 27.6 Å². The molecule has 0 fully saturated rings. The lowest BCUT2D eigenvalue weighted by molar-refractivity contribution is 0.0600. The fraction of sp³-hybridized carbons (Fsp3) is 0.364. The third kappa shape index (κ3) is 3.41. The summed E-state index contributed by atoms with van der Waals surface area (Å²) in [6.45, 7) is 4.00. The Hall–Kier alpha value is -1.23. The number of hydrogen-bond acceptors (Lipinski definition) is 4. The average Bonchev–Trinajstić information content (AvgIpc) is 2.30. The summed E-state index contributed by atoms with van der Waals surface area (Å²) in [7, 11) is 2.82. The average molecular weight is 290 g/mol. The maximum Gasteiger partial charge on any atom is 0.337 e. The molecule has 0 heterocycles. The van der Waals surface area contributed by atoms with Gasteiger partial charge in [-0.25, -0.2) is 4.79 Å². The van der Waals surface area contributed by atoms with Gasteiger partial charge in [0.15, 0.2) is 5.75 Å². The molecule has 90 valence electrons. The predicted octanol–water partition coefficient (Wildman–Crippen LogP) is 2.85. The number of anilines is 1. The van der Waals surface area contributed by atoms with Gasteiger partial charge in [-0.05, 0) is 28.1 Å². The number of nitrogen functional groups attached to an aromatic ring is 1. The second kappa shape index (κ2) is 7.11. The Bertz CT molecular complexity index is 343. The van der Waals surface area contributed by atoms with Crippen molar-refractivity contribution in [3.63, 3.8) is 0 Å². The van der Waals surface area contributed by atoms with E-state index in [2.05, 4.69) is 20.7 Å². The van der Waals surface area contributed by atoms with Gasteiger partial charge < -0.3 is 15.2 Å². The van der Waals surface area contributed by atoms with Gasteiger partial charge in [0.05, 0.1) is 29.9 Å². The molecular weight excluding hydrogens is 274 g/mol. The van der Waals surface area contributed by atoms with Gasteiger partial charge in [-0.3, -0.25) is 0 Å². The van der Waals surface area contributed by atoms with Crippen molar-refractivity contribution in [2.45, 2.75) is 13.8 Å². The molecule has 0 atom stereocenters. The van der Waals surface area contributed by atoms with Crippen molar-refractivity contribution in [3.05, 3.63) is 22.2 Å². The van der Waals surface area contributed by atoms with Gasteiger partial charge in [0.25, 0.3) is 0 Å². The first-order valence-electron chi connectivity index (χ1n) is 4.81. The molecule has 0 aromatic heterocycles. The van der Waals surface area contributed by atoms with Crippen molar-refractivity contribution in [1.29, 1.82) is 0 Å². The number of methoxy groups -OCH3 is 2. The quantitative estimate of drug-likeness (QED) is 0.672. The summed E-state index contributed by atoms with van der Waals surface area (Å²) in [4.78, 5) is 11.2. The van der Waals surface area contributed by atoms with Crippen LogP contribution in [0.1, 0.15) is 24.2 Å². The molecule has 0 saturated carbocycles. The minimum Gasteiger partial charge on any atom is -0.493 e. The van der Waals surface area contributed by atoms with Crippen LogP contribution in [-0.4, -0.2) is 20.2 Å². The van der Waals surface area contributed by atoms with Crippen molar-refractivity contribution in [1.82, 2.24) is 0 Å². The highest BCUT2D eigenvalue weighted by Crippen LogP contribution is 2.32. The minimum absolute atomic E-state index is 0.387. The highest BCUT2D eigenvalue weighted by atomic mass is 79.9. The topological polar surface area (TPSA) is 61.5 Å². The highest BCUT2D eigenvalue weighted by Gasteiger charge is 2.12. The molecule has 0 bridgehead atoms. The predicted molar refractivity (Wildman–Crippen MR) is 67.8 cm³/mol. The van der Waals surface area contributed by atoms with Crippen LogP contribution in [0.25, 0.3) is 0 Å². The van der Waals surface area contributed by atoms with Gasteiger partial charge in [0.2, 0.25) is 0 Å². The number of carbonyl (C=O) groups is 1. The number of esters is 1. The van der Waals surface area contributed by atoms with Crippen LogP contribution in [0.3, 0.4) is 0 Å². The fourth-order valence-corrected chi connectivity index (χ4v) is 1.70. The normalized spacial score (nSPS) is 8.81. The summed E-state index contributed by atoms with van der Waals surface area (Å²) in [6.07, 6.45) is 0. The van der Waals surface area contributed by atoms with Gasteiger partial charge in [-0.1, -0.05) is 13.8 Å². The van der Waals surface area contributed by atoms with Crippen LogP contribution in [0, 0.1) is 0 Å². The Morgan fingerprint density at radius 2 is 1.88 bits per heavy atom. The van der Waals surface area contributed by atoms with Crippen LogP contribution in [0.5, 0.6) is 5.75 Å². The standard InChI is InChI=1S/C9H10BrNO3.C2H6/c1-13-8-6(10)3-5(4-7(8)11)9(12)14-2;1-2/h3-4H,11H2,1-2H3;1-2H3. The molecule has 16 heavy (non-hydrogen) atoms. The van der Waals surface area contributed by atoms with Gasteiger partial charge in [-0.2, -0.15) is 0 Å². The Morgan fingerprint density at radius 3 is 2.25 bits per heavy atom. The number of carbonyl (C=O) groups excluding carboxylic acids is 1. The third-order valence-corrected chi connectivity index (χ3v) is 2.29. The van der Waals surface area contributed by atoms with E-state index in [9.17, 15) is 4.79 Å². The van der Waals surface area contributed by atoms with Gasteiger partial charge >= 0.3 is 5.97 Å². The third-order valence-electron chi connectivity index (χ3n) is 1.70. The molecule has 4 nitrogen and oxygen atoms in total. The van der Waals surface area contributed by atoms with E-state index in [4.69, 9.17) is 10.5 Å². The van der Waals surface area contributed by atoms with E-state index in [0.717, 1.165) is 0 Å². The lowest BCUT2D eigenvalue weighted by atomic mass is 10.2. The Kier molecular flexibility index (Phi) is 6.56. The van der Waals surface area contributed by atoms with Gasteiger partial charge in [-0.15, -0.1) is 0 Å². The van der Waals surface area contributed by atoms with E-state index in [1.807, 2.05) is 13.8 Å². The van der Waals surface area contributed by atoms with Crippen LogP contribution in [0.2, 0.25) is 0 Å². The number of halogens is 1. The zero-order valence-electron chi connectivity index (χ0n) is 9.83. The largest absolute Gasteiger partial charge is 0.493 e. The van der Waals surface area contributed by atoms with E-state index in [-0.39, 0.29) is 0 Å². The van der Waals surface area contributed by atoms with E-state index in [1.54, 1.807) is 6.07 Å². The zero-order valence-corrected chi connectivity index (χ0v) is 11.4. The molecule has 0 amide bonds. The Labute approximate surface area is 104 Å². The molecule has 1 aromatic carbocycles. The van der Waals surface area contributed by atoms with Gasteiger partial charge in [0.1, 0.15) is 0 Å². The smallest absolute Gasteiger partial charge is 0.337 e. The van der Waals surface area contributed by atoms with E-state index >= 15 is 0 Å². The molecule has 0 aliphatic heterocycles. The summed E-state index contributed by atoms with van der Waals surface area (Å²) >= 11 is 3.24. The molecule has 2 N–H and O–H groups in total. The van der Waals surface area contributed by atoms with Crippen molar-refractivity contribution < 1.29 is 14.3 Å². The summed E-state index contributed by atoms with van der Waals surface area (Å²) in [5.41, 5.74) is 6.44. The highest BCUT2D eigenvalue weighted by molar-refractivity contribution is 9.10. The molecule has 1 rings (SSSR count). The van der Waals surface area contributed by atoms with E-state index < -0.39 is 5.97 Å². The lowest BCUT2D eigenvalue weighted by Gasteiger charge is -2.08. The summed E-state index contributed by atoms with van der Waals surface area (Å²) in [5.74, 6) is 0.0812. The summed E-state index contributed by atoms with van der Waals surface area (Å²) < 4.78 is 10.2. The molecule has 0 saturated heterocycles. The maximum absolute atomic E-state index is 11.2. The molecule has 0 aliphatic rings. The number of ether oxygens (including phenoxy) is 2. The first kappa shape index (κ1) is 14.8. The van der Waals surface area contributed by atoms with Crippen molar-refractivity contribution in [3.8, 4) is 5.75 Å². The first-order valence-corrected chi connectivity index (χ1v) is 5.60. The molecular formula is C11H16BrNO3. The second-order valence-corrected chi connectivity index (χ2v) is 3.43. The lowest BCUT2D eigenvalue weighted by Crippen LogP contribution is -2.03. The summed E-state index contributed by atoms with van der Waals surface area (Å²) in [6, 6.07) is 3.11. The van der Waals surface area contributed by atoms with Crippen LogP contribution in [0.4, 0.5) is 5.69 Å². The fourth-order valence-electron chi connectivity index (χ4n) is 1.07.